The molecule has 0 heterocycles. The summed E-state index contributed by atoms with van der Waals surface area (Å²) in [5.41, 5.74) is 0.690. The molecule has 2 N–H and O–H groups in total. The summed E-state index contributed by atoms with van der Waals surface area (Å²) >= 11 is 0. The summed E-state index contributed by atoms with van der Waals surface area (Å²) in [6, 6.07) is 7.41. The van der Waals surface area contributed by atoms with E-state index in [9.17, 15) is 9.90 Å². The number of para-hydroxylation sites is 1. The molecule has 20 heavy (non-hydrogen) atoms. The third-order valence-electron chi connectivity index (χ3n) is 3.37. The van der Waals surface area contributed by atoms with Gasteiger partial charge in [0.15, 0.2) is 6.10 Å². The van der Waals surface area contributed by atoms with Crippen LogP contribution in [0.5, 0.6) is 5.75 Å². The van der Waals surface area contributed by atoms with E-state index in [4.69, 9.17) is 4.74 Å². The van der Waals surface area contributed by atoms with E-state index < -0.39 is 12.2 Å². The molecule has 0 aliphatic carbocycles. The monoisotopic (exact) mass is 279 g/mol. The molecule has 0 saturated carbocycles. The molecule has 1 amide bonds. The lowest BCUT2D eigenvalue weighted by atomic mass is 10.1. The molecule has 2 atom stereocenters. The van der Waals surface area contributed by atoms with Gasteiger partial charge in [-0.25, -0.2) is 0 Å². The average molecular weight is 279 g/mol. The first-order valence-electron chi connectivity index (χ1n) is 7.23. The van der Waals surface area contributed by atoms with E-state index in [0.717, 1.165) is 12.8 Å². The maximum absolute atomic E-state index is 12.1. The second kappa shape index (κ2) is 7.90. The Morgan fingerprint density at radius 1 is 1.25 bits per heavy atom. The van der Waals surface area contributed by atoms with E-state index >= 15 is 0 Å². The highest BCUT2D eigenvalue weighted by Crippen LogP contribution is 2.25. The van der Waals surface area contributed by atoms with Crippen molar-refractivity contribution in [3.8, 4) is 5.75 Å². The van der Waals surface area contributed by atoms with Crippen molar-refractivity contribution in [2.24, 2.45) is 0 Å². The predicted molar refractivity (Wildman–Crippen MR) is 79.7 cm³/mol. The van der Waals surface area contributed by atoms with Gasteiger partial charge in [-0.15, -0.1) is 0 Å². The van der Waals surface area contributed by atoms with E-state index in [0.29, 0.717) is 11.3 Å². The predicted octanol–water partition coefficient (Wildman–Crippen LogP) is 2.81. The van der Waals surface area contributed by atoms with Crippen molar-refractivity contribution in [2.75, 3.05) is 0 Å². The Balaban J connectivity index is 2.70. The number of amides is 1. The minimum absolute atomic E-state index is 0.126. The van der Waals surface area contributed by atoms with Gasteiger partial charge in [-0.2, -0.15) is 0 Å². The van der Waals surface area contributed by atoms with E-state index in [1.807, 2.05) is 26.0 Å². The van der Waals surface area contributed by atoms with Gasteiger partial charge in [0.05, 0.1) is 6.10 Å². The fourth-order valence-corrected chi connectivity index (χ4v) is 1.99. The SMILES string of the molecule is CCC(CC)NC(=O)C(C)Oc1ccccc1[C@H](C)O. The zero-order valence-corrected chi connectivity index (χ0v) is 12.7. The summed E-state index contributed by atoms with van der Waals surface area (Å²) in [6.07, 6.45) is 0.592. The van der Waals surface area contributed by atoms with Crippen molar-refractivity contribution in [3.63, 3.8) is 0 Å². The molecule has 0 radical (unpaired) electrons. The summed E-state index contributed by atoms with van der Waals surface area (Å²) in [6.45, 7) is 7.49. The van der Waals surface area contributed by atoms with E-state index in [2.05, 4.69) is 5.32 Å². The van der Waals surface area contributed by atoms with Crippen LogP contribution in [0.1, 0.15) is 52.2 Å². The Morgan fingerprint density at radius 3 is 2.40 bits per heavy atom. The van der Waals surface area contributed by atoms with E-state index in [1.165, 1.54) is 0 Å². The summed E-state index contributed by atoms with van der Waals surface area (Å²) in [5, 5.41) is 12.7. The van der Waals surface area contributed by atoms with Gasteiger partial charge in [-0.05, 0) is 32.8 Å². The third-order valence-corrected chi connectivity index (χ3v) is 3.37. The average Bonchev–Trinajstić information content (AvgIpc) is 2.44. The van der Waals surface area contributed by atoms with Gasteiger partial charge in [0.1, 0.15) is 5.75 Å². The molecule has 4 heteroatoms. The van der Waals surface area contributed by atoms with Gasteiger partial charge in [-0.3, -0.25) is 4.79 Å². The summed E-state index contributed by atoms with van der Waals surface area (Å²) in [5.74, 6) is 0.425. The normalized spacial score (nSPS) is 13.9. The van der Waals surface area contributed by atoms with Gasteiger partial charge in [0.25, 0.3) is 5.91 Å². The molecule has 0 fully saturated rings. The Kier molecular flexibility index (Phi) is 6.52. The van der Waals surface area contributed by atoms with Crippen LogP contribution in [0.4, 0.5) is 0 Å². The molecule has 0 bridgehead atoms. The fourth-order valence-electron chi connectivity index (χ4n) is 1.99. The zero-order chi connectivity index (χ0) is 15.1. The highest BCUT2D eigenvalue weighted by atomic mass is 16.5. The van der Waals surface area contributed by atoms with Crippen LogP contribution < -0.4 is 10.1 Å². The first kappa shape index (κ1) is 16.5. The molecule has 0 aromatic heterocycles. The molecule has 0 aliphatic heterocycles. The first-order chi connectivity index (χ1) is 9.49. The highest BCUT2D eigenvalue weighted by Gasteiger charge is 2.19. The van der Waals surface area contributed by atoms with Crippen LogP contribution in [0, 0.1) is 0 Å². The minimum atomic E-state index is -0.625. The molecule has 4 nitrogen and oxygen atoms in total. The smallest absolute Gasteiger partial charge is 0.260 e. The summed E-state index contributed by atoms with van der Waals surface area (Å²) in [4.78, 5) is 12.1. The van der Waals surface area contributed by atoms with Crippen molar-refractivity contribution in [1.82, 2.24) is 5.32 Å². The molecule has 0 spiro atoms. The lowest BCUT2D eigenvalue weighted by Crippen LogP contribution is -2.42. The zero-order valence-electron chi connectivity index (χ0n) is 12.7. The van der Waals surface area contributed by atoms with Crippen LogP contribution in [-0.2, 0) is 4.79 Å². The Bertz CT molecular complexity index is 427. The second-order valence-electron chi connectivity index (χ2n) is 5.00. The Labute approximate surface area is 121 Å². The molecule has 112 valence electrons. The van der Waals surface area contributed by atoms with E-state index in [-0.39, 0.29) is 11.9 Å². The standard InChI is InChI=1S/C16H25NO3/c1-5-13(6-2)17-16(19)12(4)20-15-10-8-7-9-14(15)11(3)18/h7-13,18H,5-6H2,1-4H3,(H,17,19)/t11-,12?/m0/s1. The van der Waals surface area contributed by atoms with Gasteiger partial charge < -0.3 is 15.2 Å². The number of hydrogen-bond acceptors (Lipinski definition) is 3. The number of benzene rings is 1. The number of hydrogen-bond donors (Lipinski definition) is 2. The summed E-state index contributed by atoms with van der Waals surface area (Å²) in [7, 11) is 0. The van der Waals surface area contributed by atoms with Crippen molar-refractivity contribution in [3.05, 3.63) is 29.8 Å². The fraction of sp³-hybridized carbons (Fsp3) is 0.562. The number of ether oxygens (including phenoxy) is 1. The quantitative estimate of drug-likeness (QED) is 0.807. The van der Waals surface area contributed by atoms with Crippen LogP contribution in [0.3, 0.4) is 0 Å². The second-order valence-corrected chi connectivity index (χ2v) is 5.00. The molecule has 1 aromatic carbocycles. The largest absolute Gasteiger partial charge is 0.481 e. The highest BCUT2D eigenvalue weighted by molar-refractivity contribution is 5.81. The maximum Gasteiger partial charge on any atom is 0.260 e. The van der Waals surface area contributed by atoms with Crippen LogP contribution >= 0.6 is 0 Å². The van der Waals surface area contributed by atoms with Gasteiger partial charge in [-0.1, -0.05) is 32.0 Å². The van der Waals surface area contributed by atoms with Crippen LogP contribution in [-0.4, -0.2) is 23.2 Å². The number of carbonyl (C=O) groups excluding carboxylic acids is 1. The van der Waals surface area contributed by atoms with Crippen molar-refractivity contribution in [2.45, 2.75) is 58.8 Å². The number of carbonyl (C=O) groups is 1. The van der Waals surface area contributed by atoms with Crippen LogP contribution in [0.25, 0.3) is 0 Å². The topological polar surface area (TPSA) is 58.6 Å². The number of rotatable bonds is 7. The molecular formula is C16H25NO3. The molecule has 0 aliphatic rings. The van der Waals surface area contributed by atoms with Gasteiger partial charge in [0, 0.05) is 11.6 Å². The van der Waals surface area contributed by atoms with Crippen LogP contribution in [0.15, 0.2) is 24.3 Å². The van der Waals surface area contributed by atoms with E-state index in [1.54, 1.807) is 26.0 Å². The first-order valence-corrected chi connectivity index (χ1v) is 7.23. The molecular weight excluding hydrogens is 254 g/mol. The van der Waals surface area contributed by atoms with Gasteiger partial charge in [0.2, 0.25) is 0 Å². The van der Waals surface area contributed by atoms with Crippen molar-refractivity contribution >= 4 is 5.91 Å². The number of aliphatic hydroxyl groups is 1. The molecule has 1 aromatic rings. The lowest BCUT2D eigenvalue weighted by Gasteiger charge is -2.21. The third kappa shape index (κ3) is 4.53. The molecule has 1 rings (SSSR count). The maximum atomic E-state index is 12.1. The van der Waals surface area contributed by atoms with Gasteiger partial charge >= 0.3 is 0 Å². The summed E-state index contributed by atoms with van der Waals surface area (Å²) < 4.78 is 5.69. The minimum Gasteiger partial charge on any atom is -0.481 e. The van der Waals surface area contributed by atoms with Crippen molar-refractivity contribution in [1.29, 1.82) is 0 Å². The number of aliphatic hydroxyl groups excluding tert-OH is 1. The van der Waals surface area contributed by atoms with Crippen molar-refractivity contribution < 1.29 is 14.6 Å². The Hall–Kier alpha value is -1.55. The molecule has 1 unspecified atom stereocenters. The van der Waals surface area contributed by atoms with Crippen LogP contribution in [0.2, 0.25) is 0 Å². The Morgan fingerprint density at radius 2 is 1.85 bits per heavy atom. The lowest BCUT2D eigenvalue weighted by molar-refractivity contribution is -0.128. The molecule has 0 saturated heterocycles. The number of nitrogens with one attached hydrogen (secondary N) is 1.